The molecule has 1 aliphatic heterocycles. The molecule has 0 radical (unpaired) electrons. The topological polar surface area (TPSA) is 52.4 Å². The first-order valence-electron chi connectivity index (χ1n) is 4.00. The van der Waals surface area contributed by atoms with E-state index in [1.807, 2.05) is 0 Å². The second-order valence-electron chi connectivity index (χ2n) is 3.10. The summed E-state index contributed by atoms with van der Waals surface area (Å²) in [6.07, 6.45) is -4.76. The molecule has 0 aromatic heterocycles. The summed E-state index contributed by atoms with van der Waals surface area (Å²) >= 11 is 0. The summed E-state index contributed by atoms with van der Waals surface area (Å²) in [4.78, 5) is 9.28. The van der Waals surface area contributed by atoms with Crippen LogP contribution in [0.2, 0.25) is 0 Å². The van der Waals surface area contributed by atoms with Gasteiger partial charge in [0.25, 0.3) is 5.69 Å². The van der Waals surface area contributed by atoms with Crippen LogP contribution in [0.1, 0.15) is 5.56 Å². The molecule has 2 rings (SSSR count). The van der Waals surface area contributed by atoms with E-state index in [2.05, 4.69) is 4.74 Å². The van der Waals surface area contributed by atoms with Crippen molar-refractivity contribution in [1.82, 2.24) is 0 Å². The van der Waals surface area contributed by atoms with Gasteiger partial charge in [0.2, 0.25) is 0 Å². The monoisotopic (exact) mass is 237 g/mol. The summed E-state index contributed by atoms with van der Waals surface area (Å²) < 4.78 is 55.6. The molecule has 0 fully saturated rings. The fourth-order valence-corrected chi connectivity index (χ4v) is 1.42. The van der Waals surface area contributed by atoms with Crippen molar-refractivity contribution < 1.29 is 27.2 Å². The molecule has 1 aliphatic rings. The van der Waals surface area contributed by atoms with Crippen LogP contribution in [0.4, 0.5) is 23.2 Å². The minimum atomic E-state index is -4.76. The number of fused-ring (bicyclic) bond motifs is 1. The van der Waals surface area contributed by atoms with Gasteiger partial charge in [-0.15, -0.1) is 0 Å². The van der Waals surface area contributed by atoms with E-state index in [1.165, 1.54) is 0 Å². The molecule has 16 heavy (non-hydrogen) atoms. The van der Waals surface area contributed by atoms with E-state index >= 15 is 0 Å². The summed E-state index contributed by atoms with van der Waals surface area (Å²) in [6.45, 7) is 0. The lowest BCUT2D eigenvalue weighted by molar-refractivity contribution is -0.388. The normalized spacial score (nSPS) is 20.0. The van der Waals surface area contributed by atoms with Crippen molar-refractivity contribution in [3.63, 3.8) is 0 Å². The Kier molecular flexibility index (Phi) is 1.89. The second kappa shape index (κ2) is 2.83. The molecule has 86 valence electrons. The number of benzene rings is 1. The summed E-state index contributed by atoms with van der Waals surface area (Å²) in [6, 6.07) is 2.54. The van der Waals surface area contributed by atoms with Gasteiger partial charge in [0.05, 0.1) is 4.92 Å². The smallest absolute Gasteiger partial charge is 0.427 e. The first kappa shape index (κ1) is 10.7. The molecular weight excluding hydrogens is 234 g/mol. The Morgan fingerprint density at radius 2 is 1.88 bits per heavy atom. The Morgan fingerprint density at radius 3 is 2.44 bits per heavy atom. The van der Waals surface area contributed by atoms with Crippen molar-refractivity contribution in [1.29, 1.82) is 0 Å². The Hall–Kier alpha value is -1.86. The number of hydrogen-bond donors (Lipinski definition) is 0. The van der Waals surface area contributed by atoms with E-state index in [9.17, 15) is 27.7 Å². The number of alkyl halides is 4. The van der Waals surface area contributed by atoms with Crippen molar-refractivity contribution in [3.05, 3.63) is 33.9 Å². The zero-order valence-corrected chi connectivity index (χ0v) is 7.42. The number of nitro benzene ring substituents is 1. The van der Waals surface area contributed by atoms with Crippen LogP contribution in [0.3, 0.4) is 0 Å². The fraction of sp³-hybridized carbons (Fsp3) is 0.250. The zero-order valence-electron chi connectivity index (χ0n) is 7.42. The maximum Gasteiger partial charge on any atom is 0.469 e. The molecule has 0 bridgehead atoms. The number of nitrogens with zero attached hydrogens (tertiary/aromatic N) is 1. The molecular formula is C8H3F4NO3. The van der Waals surface area contributed by atoms with E-state index in [0.717, 1.165) is 18.2 Å². The third-order valence-electron chi connectivity index (χ3n) is 2.12. The molecule has 0 N–H and O–H groups in total. The average molecular weight is 237 g/mol. The quantitative estimate of drug-likeness (QED) is 0.428. The number of hydrogen-bond acceptors (Lipinski definition) is 3. The lowest BCUT2D eigenvalue weighted by Crippen LogP contribution is -2.37. The molecule has 0 atom stereocenters. The van der Waals surface area contributed by atoms with E-state index in [1.54, 1.807) is 0 Å². The summed E-state index contributed by atoms with van der Waals surface area (Å²) in [7, 11) is 0. The maximum atomic E-state index is 13.2. The van der Waals surface area contributed by atoms with Crippen LogP contribution in [0.5, 0.6) is 5.75 Å². The highest BCUT2D eigenvalue weighted by Crippen LogP contribution is 2.56. The van der Waals surface area contributed by atoms with Crippen LogP contribution < -0.4 is 4.74 Å². The van der Waals surface area contributed by atoms with E-state index in [4.69, 9.17) is 0 Å². The van der Waals surface area contributed by atoms with Gasteiger partial charge in [0.1, 0.15) is 5.75 Å². The Morgan fingerprint density at radius 1 is 1.25 bits per heavy atom. The second-order valence-corrected chi connectivity index (χ2v) is 3.10. The van der Waals surface area contributed by atoms with Gasteiger partial charge in [-0.1, -0.05) is 6.07 Å². The lowest BCUT2D eigenvalue weighted by atomic mass is 10.1. The molecule has 1 aromatic rings. The van der Waals surface area contributed by atoms with Crippen LogP contribution in [-0.4, -0.2) is 11.0 Å². The van der Waals surface area contributed by atoms with Crippen LogP contribution >= 0.6 is 0 Å². The van der Waals surface area contributed by atoms with Gasteiger partial charge in [-0.25, -0.2) is 0 Å². The van der Waals surface area contributed by atoms with Crippen molar-refractivity contribution in [2.45, 2.75) is 12.0 Å². The number of halogens is 4. The number of ether oxygens (including phenoxy) is 1. The molecule has 0 aliphatic carbocycles. The maximum absolute atomic E-state index is 13.2. The standard InChI is InChI=1S/C8H3F4NO3/c9-7(10)6-4(13(14)15)2-1-3-5(6)16-8(7,11)12/h1-3H. The Balaban J connectivity index is 2.71. The largest absolute Gasteiger partial charge is 0.469 e. The van der Waals surface area contributed by atoms with Gasteiger partial charge in [-0.05, 0) is 6.07 Å². The highest BCUT2D eigenvalue weighted by molar-refractivity contribution is 5.55. The van der Waals surface area contributed by atoms with Crippen molar-refractivity contribution in [3.8, 4) is 5.75 Å². The first-order valence-corrected chi connectivity index (χ1v) is 4.00. The molecule has 1 aromatic carbocycles. The van der Waals surface area contributed by atoms with Crippen LogP contribution in [-0.2, 0) is 5.92 Å². The molecule has 0 unspecified atom stereocenters. The predicted molar refractivity (Wildman–Crippen MR) is 42.6 cm³/mol. The highest BCUT2D eigenvalue weighted by Gasteiger charge is 2.69. The summed E-state index contributed by atoms with van der Waals surface area (Å²) in [5, 5.41) is 10.4. The molecule has 1 heterocycles. The molecule has 0 saturated carbocycles. The van der Waals surface area contributed by atoms with Gasteiger partial charge in [-0.3, -0.25) is 10.1 Å². The fourth-order valence-electron chi connectivity index (χ4n) is 1.42. The Bertz CT molecular complexity index is 474. The van der Waals surface area contributed by atoms with Gasteiger partial charge in [0, 0.05) is 6.07 Å². The van der Waals surface area contributed by atoms with Crippen LogP contribution in [0, 0.1) is 10.1 Å². The SMILES string of the molecule is O=[N+]([O-])c1cccc2c1C(F)(F)C(F)(F)O2. The summed E-state index contributed by atoms with van der Waals surface area (Å²) in [5.41, 5.74) is -2.47. The average Bonchev–Trinajstić information content (AvgIpc) is 2.33. The van der Waals surface area contributed by atoms with E-state index in [0.29, 0.717) is 0 Å². The minimum Gasteiger partial charge on any atom is -0.427 e. The molecule has 4 nitrogen and oxygen atoms in total. The molecule has 0 spiro atoms. The Labute approximate surface area is 85.6 Å². The molecule has 0 saturated heterocycles. The summed E-state index contributed by atoms with van der Waals surface area (Å²) in [5.74, 6) is -5.57. The van der Waals surface area contributed by atoms with Crippen LogP contribution in [0.15, 0.2) is 18.2 Å². The molecule has 8 heteroatoms. The van der Waals surface area contributed by atoms with E-state index in [-0.39, 0.29) is 0 Å². The van der Waals surface area contributed by atoms with Crippen molar-refractivity contribution in [2.24, 2.45) is 0 Å². The predicted octanol–water partition coefficient (Wildman–Crippen LogP) is 2.67. The van der Waals surface area contributed by atoms with E-state index < -0.39 is 34.0 Å². The third-order valence-corrected chi connectivity index (χ3v) is 2.12. The van der Waals surface area contributed by atoms with Gasteiger partial charge >= 0.3 is 12.0 Å². The van der Waals surface area contributed by atoms with Crippen molar-refractivity contribution >= 4 is 5.69 Å². The number of nitro groups is 1. The van der Waals surface area contributed by atoms with Gasteiger partial charge in [0.15, 0.2) is 5.56 Å². The van der Waals surface area contributed by atoms with Crippen molar-refractivity contribution in [2.75, 3.05) is 0 Å². The van der Waals surface area contributed by atoms with Crippen LogP contribution in [0.25, 0.3) is 0 Å². The van der Waals surface area contributed by atoms with Gasteiger partial charge < -0.3 is 4.74 Å². The minimum absolute atomic E-state index is 0.720. The first-order chi connectivity index (χ1) is 7.27. The highest BCUT2D eigenvalue weighted by atomic mass is 19.3. The molecule has 0 amide bonds. The van der Waals surface area contributed by atoms with Gasteiger partial charge in [-0.2, -0.15) is 17.6 Å². The lowest BCUT2D eigenvalue weighted by Gasteiger charge is -2.15. The zero-order chi connectivity index (χ0) is 12.1. The third kappa shape index (κ3) is 1.15. The number of rotatable bonds is 1.